The van der Waals surface area contributed by atoms with Crippen molar-refractivity contribution in [3.05, 3.63) is 35.4 Å². The van der Waals surface area contributed by atoms with Gasteiger partial charge in [0.2, 0.25) is 0 Å². The predicted molar refractivity (Wildman–Crippen MR) is 66.5 cm³/mol. The van der Waals surface area contributed by atoms with Crippen LogP contribution in [0.25, 0.3) is 0 Å². The van der Waals surface area contributed by atoms with Crippen molar-refractivity contribution in [3.63, 3.8) is 0 Å². The Balaban J connectivity index is 2.18. The van der Waals surface area contributed by atoms with Gasteiger partial charge in [-0.2, -0.15) is 0 Å². The predicted octanol–water partition coefficient (Wildman–Crippen LogP) is 2.25. The lowest BCUT2D eigenvalue weighted by Gasteiger charge is -2.36. The first-order valence-corrected chi connectivity index (χ1v) is 5.99. The summed E-state index contributed by atoms with van der Waals surface area (Å²) in [6.45, 7) is 6.91. The Kier molecular flexibility index (Phi) is 3.31. The molecule has 0 bridgehead atoms. The van der Waals surface area contributed by atoms with E-state index in [9.17, 15) is 0 Å². The number of rotatable bonds is 4. The Hall–Kier alpha value is -0.860. The van der Waals surface area contributed by atoms with Gasteiger partial charge in [-0.15, -0.1) is 0 Å². The van der Waals surface area contributed by atoms with Crippen molar-refractivity contribution in [2.75, 3.05) is 19.8 Å². The summed E-state index contributed by atoms with van der Waals surface area (Å²) in [4.78, 5) is 0. The van der Waals surface area contributed by atoms with Crippen molar-refractivity contribution in [1.29, 1.82) is 0 Å². The highest BCUT2D eigenvalue weighted by Gasteiger charge is 2.32. The van der Waals surface area contributed by atoms with Gasteiger partial charge in [0, 0.05) is 17.9 Å². The molecule has 1 aliphatic rings. The van der Waals surface area contributed by atoms with Crippen LogP contribution < -0.4 is 5.73 Å². The van der Waals surface area contributed by atoms with Crippen molar-refractivity contribution in [2.45, 2.75) is 25.7 Å². The van der Waals surface area contributed by atoms with E-state index in [1.807, 2.05) is 0 Å². The van der Waals surface area contributed by atoms with E-state index < -0.39 is 0 Å². The summed E-state index contributed by atoms with van der Waals surface area (Å²) in [6, 6.07) is 8.70. The van der Waals surface area contributed by atoms with Gasteiger partial charge >= 0.3 is 0 Å². The highest BCUT2D eigenvalue weighted by atomic mass is 16.5. The average molecular weight is 219 g/mol. The SMILES string of the molecule is Cc1cccc(C(C)(CN)CC2COC2)c1. The van der Waals surface area contributed by atoms with Crippen LogP contribution >= 0.6 is 0 Å². The second kappa shape index (κ2) is 4.56. The Morgan fingerprint density at radius 1 is 1.44 bits per heavy atom. The third-order valence-electron chi connectivity index (χ3n) is 3.61. The van der Waals surface area contributed by atoms with Crippen LogP contribution in [0.2, 0.25) is 0 Å². The number of benzene rings is 1. The topological polar surface area (TPSA) is 35.2 Å². The van der Waals surface area contributed by atoms with Crippen molar-refractivity contribution in [2.24, 2.45) is 11.7 Å². The quantitative estimate of drug-likeness (QED) is 0.843. The fraction of sp³-hybridized carbons (Fsp3) is 0.571. The lowest BCUT2D eigenvalue weighted by Crippen LogP contribution is -2.39. The smallest absolute Gasteiger partial charge is 0.0516 e. The van der Waals surface area contributed by atoms with Crippen LogP contribution in [0.15, 0.2) is 24.3 Å². The second-order valence-corrected chi connectivity index (χ2v) is 5.24. The van der Waals surface area contributed by atoms with E-state index in [1.165, 1.54) is 11.1 Å². The molecule has 16 heavy (non-hydrogen) atoms. The third-order valence-corrected chi connectivity index (χ3v) is 3.61. The highest BCUT2D eigenvalue weighted by Crippen LogP contribution is 2.33. The van der Waals surface area contributed by atoms with E-state index >= 15 is 0 Å². The number of ether oxygens (including phenoxy) is 1. The average Bonchev–Trinajstić information content (AvgIpc) is 2.23. The standard InChI is InChI=1S/C14H21NO/c1-11-4-3-5-13(6-11)14(2,10-15)7-12-8-16-9-12/h3-6,12H,7-10,15H2,1-2H3. The lowest BCUT2D eigenvalue weighted by atomic mass is 9.74. The lowest BCUT2D eigenvalue weighted by molar-refractivity contribution is -0.0441. The minimum atomic E-state index is 0.0977. The number of aryl methyl sites for hydroxylation is 1. The van der Waals surface area contributed by atoms with Gasteiger partial charge in [0.1, 0.15) is 0 Å². The molecular formula is C14H21NO. The Morgan fingerprint density at radius 2 is 2.19 bits per heavy atom. The summed E-state index contributed by atoms with van der Waals surface area (Å²) < 4.78 is 5.24. The minimum absolute atomic E-state index is 0.0977. The number of hydrogen-bond donors (Lipinski definition) is 1. The molecule has 2 N–H and O–H groups in total. The van der Waals surface area contributed by atoms with Gasteiger partial charge in [0.25, 0.3) is 0 Å². The molecule has 1 fully saturated rings. The molecule has 1 unspecified atom stereocenters. The summed E-state index contributed by atoms with van der Waals surface area (Å²) in [7, 11) is 0. The first-order valence-electron chi connectivity index (χ1n) is 5.99. The molecule has 1 heterocycles. The van der Waals surface area contributed by atoms with Crippen LogP contribution in [-0.4, -0.2) is 19.8 Å². The Bertz CT molecular complexity index is 360. The molecule has 88 valence electrons. The zero-order valence-corrected chi connectivity index (χ0v) is 10.2. The van der Waals surface area contributed by atoms with Crippen LogP contribution in [0.1, 0.15) is 24.5 Å². The van der Waals surface area contributed by atoms with E-state index in [4.69, 9.17) is 10.5 Å². The van der Waals surface area contributed by atoms with Gasteiger partial charge < -0.3 is 10.5 Å². The van der Waals surface area contributed by atoms with Gasteiger partial charge in [-0.1, -0.05) is 36.8 Å². The molecule has 0 radical (unpaired) electrons. The molecule has 1 aromatic rings. The van der Waals surface area contributed by atoms with Crippen molar-refractivity contribution < 1.29 is 4.74 Å². The van der Waals surface area contributed by atoms with Gasteiger partial charge in [-0.3, -0.25) is 0 Å². The molecule has 0 saturated carbocycles. The minimum Gasteiger partial charge on any atom is -0.381 e. The van der Waals surface area contributed by atoms with E-state index in [0.29, 0.717) is 12.5 Å². The van der Waals surface area contributed by atoms with Gasteiger partial charge in [-0.25, -0.2) is 0 Å². The monoisotopic (exact) mass is 219 g/mol. The maximum Gasteiger partial charge on any atom is 0.0516 e. The van der Waals surface area contributed by atoms with Crippen molar-refractivity contribution in [3.8, 4) is 0 Å². The van der Waals surface area contributed by atoms with E-state index in [2.05, 4.69) is 38.1 Å². The molecule has 2 nitrogen and oxygen atoms in total. The van der Waals surface area contributed by atoms with Crippen LogP contribution in [0.3, 0.4) is 0 Å². The second-order valence-electron chi connectivity index (χ2n) is 5.24. The van der Waals surface area contributed by atoms with E-state index in [1.54, 1.807) is 0 Å². The van der Waals surface area contributed by atoms with Crippen molar-refractivity contribution in [1.82, 2.24) is 0 Å². The molecule has 2 heteroatoms. The molecule has 2 rings (SSSR count). The Morgan fingerprint density at radius 3 is 2.69 bits per heavy atom. The summed E-state index contributed by atoms with van der Waals surface area (Å²) in [5, 5.41) is 0. The summed E-state index contributed by atoms with van der Waals surface area (Å²) in [5.41, 5.74) is 8.74. The summed E-state index contributed by atoms with van der Waals surface area (Å²) in [6.07, 6.45) is 1.13. The molecule has 1 saturated heterocycles. The molecule has 0 aromatic heterocycles. The van der Waals surface area contributed by atoms with Crippen molar-refractivity contribution >= 4 is 0 Å². The fourth-order valence-electron chi connectivity index (χ4n) is 2.38. The maximum absolute atomic E-state index is 5.98. The first-order chi connectivity index (χ1) is 7.64. The summed E-state index contributed by atoms with van der Waals surface area (Å²) in [5.74, 6) is 0.689. The molecular weight excluding hydrogens is 198 g/mol. The number of nitrogens with two attached hydrogens (primary N) is 1. The summed E-state index contributed by atoms with van der Waals surface area (Å²) >= 11 is 0. The van der Waals surface area contributed by atoms with Crippen LogP contribution in [0.4, 0.5) is 0 Å². The molecule has 1 aromatic carbocycles. The van der Waals surface area contributed by atoms with E-state index in [-0.39, 0.29) is 5.41 Å². The van der Waals surface area contributed by atoms with Gasteiger partial charge in [0.15, 0.2) is 0 Å². The third kappa shape index (κ3) is 2.28. The molecule has 0 aliphatic carbocycles. The maximum atomic E-state index is 5.98. The molecule has 0 amide bonds. The normalized spacial score (nSPS) is 20.2. The highest BCUT2D eigenvalue weighted by molar-refractivity contribution is 5.29. The number of hydrogen-bond acceptors (Lipinski definition) is 2. The molecule has 0 spiro atoms. The molecule has 1 atom stereocenters. The van der Waals surface area contributed by atoms with E-state index in [0.717, 1.165) is 19.6 Å². The fourth-order valence-corrected chi connectivity index (χ4v) is 2.38. The van der Waals surface area contributed by atoms with Gasteiger partial charge in [-0.05, 0) is 18.9 Å². The zero-order valence-electron chi connectivity index (χ0n) is 10.2. The van der Waals surface area contributed by atoms with Crippen LogP contribution in [0, 0.1) is 12.8 Å². The first kappa shape index (κ1) is 11.6. The zero-order chi connectivity index (χ0) is 11.6. The largest absolute Gasteiger partial charge is 0.381 e. The van der Waals surface area contributed by atoms with Crippen LogP contribution in [-0.2, 0) is 10.2 Å². The van der Waals surface area contributed by atoms with Gasteiger partial charge in [0.05, 0.1) is 13.2 Å². The van der Waals surface area contributed by atoms with Crippen LogP contribution in [0.5, 0.6) is 0 Å². The Labute approximate surface area is 97.8 Å². The molecule has 1 aliphatic heterocycles.